The van der Waals surface area contributed by atoms with Crippen molar-refractivity contribution in [3.63, 3.8) is 0 Å². The average molecular weight is 791 g/mol. The van der Waals surface area contributed by atoms with Gasteiger partial charge in [0.2, 0.25) is 11.2 Å². The molecular weight excluding hydrogens is 743 g/mol. The molecule has 0 saturated heterocycles. The van der Waals surface area contributed by atoms with Gasteiger partial charge in [0.1, 0.15) is 5.84 Å². The van der Waals surface area contributed by atoms with Crippen LogP contribution in [0.3, 0.4) is 0 Å². The highest BCUT2D eigenvalue weighted by atomic mass is 15.0. The predicted molar refractivity (Wildman–Crippen MR) is 259 cm³/mol. The van der Waals surface area contributed by atoms with Crippen LogP contribution in [0.1, 0.15) is 30.0 Å². The first-order valence-electron chi connectivity index (χ1n) is 21.1. The van der Waals surface area contributed by atoms with Gasteiger partial charge in [0.25, 0.3) is 0 Å². The number of allylic oxidation sites excluding steroid dienone is 2. The summed E-state index contributed by atoms with van der Waals surface area (Å²) in [4.78, 5) is 0. The minimum atomic E-state index is 0.121. The van der Waals surface area contributed by atoms with Crippen molar-refractivity contribution in [3.05, 3.63) is 198 Å². The fraction of sp³-hybridized carbons (Fsp3) is 0.107. The molecule has 0 spiro atoms. The number of nitrogens with zero attached hydrogens (tertiary/aromatic N) is 2. The number of nitrogens with one attached hydrogen (secondary N) is 1. The van der Waals surface area contributed by atoms with E-state index in [0.717, 1.165) is 17.7 Å². The molecule has 1 aliphatic carbocycles. The molecule has 2 bridgehead atoms. The van der Waals surface area contributed by atoms with Crippen LogP contribution in [0.25, 0.3) is 87.2 Å². The summed E-state index contributed by atoms with van der Waals surface area (Å²) in [5.41, 5.74) is 21.3. The van der Waals surface area contributed by atoms with Gasteiger partial charge < -0.3 is 16.0 Å². The Morgan fingerprint density at radius 3 is 1.93 bits per heavy atom. The maximum absolute atomic E-state index is 7.01. The van der Waals surface area contributed by atoms with Crippen molar-refractivity contribution in [1.82, 2.24) is 4.57 Å². The van der Waals surface area contributed by atoms with Crippen LogP contribution < -0.4 is 16.0 Å². The number of aromatic nitrogens is 2. The molecule has 5 N–H and O–H groups in total. The van der Waals surface area contributed by atoms with Crippen LogP contribution in [0.4, 0.5) is 0 Å². The first-order valence-corrected chi connectivity index (χ1v) is 21.1. The molecule has 2 aromatic heterocycles. The van der Waals surface area contributed by atoms with Crippen LogP contribution in [0, 0.1) is 25.2 Å². The number of amidine groups is 1. The van der Waals surface area contributed by atoms with Crippen molar-refractivity contribution in [2.45, 2.75) is 27.2 Å². The van der Waals surface area contributed by atoms with Gasteiger partial charge in [0.15, 0.2) is 6.20 Å². The lowest BCUT2D eigenvalue weighted by Gasteiger charge is -2.10. The van der Waals surface area contributed by atoms with Crippen molar-refractivity contribution >= 4 is 81.6 Å². The first kappa shape index (κ1) is 37.9. The van der Waals surface area contributed by atoms with Crippen molar-refractivity contribution in [3.8, 4) is 11.4 Å². The SMILES string of the molecule is CC1C=CC(CN)=CC1.Cc1ccc(-[n+]2ccc3c4c(C)c5c(cccc52)c2cccc5c6cccc7cc(c4c(c76)c25)n3-c2ccccc2)cc1.N=C(N)c1ccccc1. The number of hydrogen-bond acceptors (Lipinski definition) is 2. The summed E-state index contributed by atoms with van der Waals surface area (Å²) < 4.78 is 4.86. The molecule has 5 nitrogen and oxygen atoms in total. The van der Waals surface area contributed by atoms with E-state index in [1.807, 2.05) is 30.3 Å². The fourth-order valence-electron chi connectivity index (χ4n) is 9.56. The van der Waals surface area contributed by atoms with E-state index in [2.05, 4.69) is 176 Å². The summed E-state index contributed by atoms with van der Waals surface area (Å²) in [6.07, 6.45) is 9.98. The molecule has 0 saturated carbocycles. The summed E-state index contributed by atoms with van der Waals surface area (Å²) >= 11 is 0. The number of rotatable bonds is 4. The predicted octanol–water partition coefficient (Wildman–Crippen LogP) is 12.8. The maximum Gasteiger partial charge on any atom is 0.219 e. The normalized spacial score (nSPS) is 13.9. The van der Waals surface area contributed by atoms with E-state index < -0.39 is 0 Å². The molecule has 296 valence electrons. The summed E-state index contributed by atoms with van der Waals surface area (Å²) in [6.45, 7) is 7.38. The molecular formula is C56H48N5+. The number of nitrogens with two attached hydrogens (primary N) is 2. The molecule has 0 fully saturated rings. The number of hydrogen-bond donors (Lipinski definition) is 3. The third kappa shape index (κ3) is 6.37. The molecule has 0 amide bonds. The second kappa shape index (κ2) is 15.4. The summed E-state index contributed by atoms with van der Waals surface area (Å²) in [5, 5.41) is 21.7. The largest absolute Gasteiger partial charge is 0.384 e. The monoisotopic (exact) mass is 790 g/mol. The molecule has 12 rings (SSSR count). The Kier molecular flexibility index (Phi) is 9.54. The Hall–Kier alpha value is -7.34. The molecule has 0 aliphatic heterocycles. The van der Waals surface area contributed by atoms with E-state index in [1.165, 1.54) is 98.2 Å². The van der Waals surface area contributed by atoms with E-state index in [0.29, 0.717) is 12.5 Å². The number of benzene rings is 7. The molecule has 0 radical (unpaired) electrons. The second-order valence-electron chi connectivity index (χ2n) is 16.4. The van der Waals surface area contributed by atoms with Crippen molar-refractivity contribution < 1.29 is 4.57 Å². The van der Waals surface area contributed by atoms with Crippen molar-refractivity contribution in [1.29, 1.82) is 5.41 Å². The Morgan fingerprint density at radius 1 is 0.656 bits per heavy atom. The zero-order valence-corrected chi connectivity index (χ0v) is 34.8. The van der Waals surface area contributed by atoms with Crippen molar-refractivity contribution in [2.24, 2.45) is 17.4 Å². The lowest BCUT2D eigenvalue weighted by Crippen LogP contribution is -2.30. The third-order valence-electron chi connectivity index (χ3n) is 12.5. The highest BCUT2D eigenvalue weighted by molar-refractivity contribution is 6.44. The van der Waals surface area contributed by atoms with Crippen molar-refractivity contribution in [2.75, 3.05) is 6.54 Å². The molecule has 61 heavy (non-hydrogen) atoms. The van der Waals surface area contributed by atoms with Gasteiger partial charge in [0.05, 0.1) is 16.4 Å². The van der Waals surface area contributed by atoms with Gasteiger partial charge in [-0.15, -0.1) is 0 Å². The fourth-order valence-corrected chi connectivity index (χ4v) is 9.56. The molecule has 1 unspecified atom stereocenters. The van der Waals surface area contributed by atoms with Crippen LogP contribution in [0.2, 0.25) is 0 Å². The maximum atomic E-state index is 7.01. The summed E-state index contributed by atoms with van der Waals surface area (Å²) in [7, 11) is 0. The van der Waals surface area contributed by atoms with E-state index >= 15 is 0 Å². The second-order valence-corrected chi connectivity index (χ2v) is 16.4. The van der Waals surface area contributed by atoms with Gasteiger partial charge in [-0.3, -0.25) is 5.41 Å². The molecule has 9 aromatic carbocycles. The van der Waals surface area contributed by atoms with Crippen LogP contribution in [-0.4, -0.2) is 16.9 Å². The minimum absolute atomic E-state index is 0.121. The molecule has 5 heteroatoms. The Bertz CT molecular complexity index is 3470. The number of para-hydroxylation sites is 1. The number of nitrogen functional groups attached to an aromatic ring is 1. The minimum Gasteiger partial charge on any atom is -0.384 e. The van der Waals surface area contributed by atoms with Gasteiger partial charge >= 0.3 is 0 Å². The number of aryl methyl sites for hydroxylation is 2. The highest BCUT2D eigenvalue weighted by Crippen LogP contribution is 2.50. The molecule has 1 aliphatic rings. The Balaban J connectivity index is 0.000000206. The highest BCUT2D eigenvalue weighted by Gasteiger charge is 2.26. The van der Waals surface area contributed by atoms with Gasteiger partial charge in [-0.25, -0.2) is 0 Å². The average Bonchev–Trinajstić information content (AvgIpc) is 3.80. The van der Waals surface area contributed by atoms with Crippen LogP contribution >= 0.6 is 0 Å². The van der Waals surface area contributed by atoms with Gasteiger partial charge in [0, 0.05) is 58.2 Å². The van der Waals surface area contributed by atoms with Crippen LogP contribution in [0.15, 0.2) is 182 Å². The first-order chi connectivity index (χ1) is 29.8. The lowest BCUT2D eigenvalue weighted by molar-refractivity contribution is -0.566. The van der Waals surface area contributed by atoms with Gasteiger partial charge in [-0.1, -0.05) is 140 Å². The van der Waals surface area contributed by atoms with Crippen LogP contribution in [0.5, 0.6) is 0 Å². The van der Waals surface area contributed by atoms with E-state index in [1.54, 1.807) is 0 Å². The smallest absolute Gasteiger partial charge is 0.219 e. The third-order valence-corrected chi connectivity index (χ3v) is 12.5. The lowest BCUT2D eigenvalue weighted by atomic mass is 9.93. The standard InChI is InChI=1S/C41H27N2.C8H13N.C7H8N2/c1-24-17-19-27(20-18-24)42-22-21-34-37-25(2)36-29(15-8-16-33(36)42)31-13-7-14-32-30-12-6-9-26-23-35(40(37)41(38(26)30)39(31)32)43(34)28-10-4-3-5-11-28;1-7-2-4-8(6-9)5-3-7;8-7(9)6-4-2-1-3-5-6/h3-23H,1-2H3;2,4-5,7H,3,6,9H2,1H3;1-5H,(H3,8,9)/q+1;;. The molecule has 11 aromatic rings. The van der Waals surface area contributed by atoms with E-state index in [9.17, 15) is 0 Å². The zero-order chi connectivity index (χ0) is 41.8. The topological polar surface area (TPSA) is 84.7 Å². The summed E-state index contributed by atoms with van der Waals surface area (Å²) in [6, 6.07) is 54.3. The van der Waals surface area contributed by atoms with Gasteiger partial charge in [-0.05, 0) is 93.2 Å². The zero-order valence-electron chi connectivity index (χ0n) is 34.8. The molecule has 1 atom stereocenters. The van der Waals surface area contributed by atoms with E-state index in [-0.39, 0.29) is 5.84 Å². The van der Waals surface area contributed by atoms with Gasteiger partial charge in [-0.2, -0.15) is 4.57 Å². The van der Waals surface area contributed by atoms with E-state index in [4.69, 9.17) is 16.9 Å². The Labute approximate surface area is 355 Å². The number of fused-ring (bicyclic) bond motifs is 2. The summed E-state index contributed by atoms with van der Waals surface area (Å²) in [5.74, 6) is 0.830. The van der Waals surface area contributed by atoms with Crippen LogP contribution in [-0.2, 0) is 0 Å². The molecule has 2 heterocycles. The quantitative estimate of drug-likeness (QED) is 0.0942. The Morgan fingerprint density at radius 2 is 1.30 bits per heavy atom.